The monoisotopic (exact) mass is 333 g/mol. The zero-order valence-corrected chi connectivity index (χ0v) is 14.8. The lowest BCUT2D eigenvalue weighted by atomic mass is 10.2. The Hall–Kier alpha value is -2.08. The van der Waals surface area contributed by atoms with E-state index in [1.165, 1.54) is 0 Å². The van der Waals surface area contributed by atoms with Crippen LogP contribution in [0.2, 0.25) is 0 Å². The third kappa shape index (κ3) is 4.71. The Morgan fingerprint density at radius 2 is 1.88 bits per heavy atom. The van der Waals surface area contributed by atoms with Crippen LogP contribution in [0.25, 0.3) is 0 Å². The van der Waals surface area contributed by atoms with Gasteiger partial charge in [-0.2, -0.15) is 0 Å². The molecule has 1 aromatic carbocycles. The van der Waals surface area contributed by atoms with Crippen LogP contribution in [-0.2, 0) is 9.53 Å². The normalized spacial score (nSPS) is 15.2. The molecule has 0 aliphatic carbocycles. The van der Waals surface area contributed by atoms with Gasteiger partial charge < -0.3 is 14.5 Å². The fourth-order valence-corrected chi connectivity index (χ4v) is 2.88. The highest BCUT2D eigenvalue weighted by Gasteiger charge is 2.24. The van der Waals surface area contributed by atoms with Gasteiger partial charge in [-0.3, -0.25) is 9.69 Å². The topological polar surface area (TPSA) is 53.1 Å². The predicted octanol–water partition coefficient (Wildman–Crippen LogP) is 2.12. The van der Waals surface area contributed by atoms with Gasteiger partial charge in [0.15, 0.2) is 0 Å². The van der Waals surface area contributed by atoms with Crippen LogP contribution in [0.3, 0.4) is 0 Å². The molecule has 0 spiro atoms. The fourth-order valence-electron chi connectivity index (χ4n) is 2.88. The number of aryl methyl sites for hydroxylation is 1. The first-order valence-corrected chi connectivity index (χ1v) is 8.56. The molecular formula is C18H27N3O3. The molecule has 0 atom stereocenters. The first-order valence-electron chi connectivity index (χ1n) is 8.56. The molecule has 132 valence electrons. The standard InChI is InChI=1S/C18H27N3O3/c1-4-21(16-8-6-7-15(3)13-16)17(22)14-19-9-11-20(12-10-19)18(23)24-5-2/h6-8,13H,4-5,9-12,14H2,1-3H3. The molecule has 0 radical (unpaired) electrons. The van der Waals surface area contributed by atoms with Gasteiger partial charge in [0.1, 0.15) is 0 Å². The van der Waals surface area contributed by atoms with Gasteiger partial charge in [0.25, 0.3) is 0 Å². The second-order valence-electron chi connectivity index (χ2n) is 5.94. The molecule has 1 aromatic rings. The molecule has 0 N–H and O–H groups in total. The van der Waals surface area contributed by atoms with E-state index in [1.807, 2.05) is 43.0 Å². The van der Waals surface area contributed by atoms with Crippen molar-refractivity contribution in [3.8, 4) is 0 Å². The second-order valence-corrected chi connectivity index (χ2v) is 5.94. The van der Waals surface area contributed by atoms with Crippen molar-refractivity contribution in [2.24, 2.45) is 0 Å². The Kier molecular flexibility index (Phi) is 6.61. The van der Waals surface area contributed by atoms with Crippen LogP contribution >= 0.6 is 0 Å². The largest absolute Gasteiger partial charge is 0.450 e. The van der Waals surface area contributed by atoms with Gasteiger partial charge in [-0.15, -0.1) is 0 Å². The third-order valence-electron chi connectivity index (χ3n) is 4.19. The summed E-state index contributed by atoms with van der Waals surface area (Å²) in [5.74, 6) is 0.0904. The van der Waals surface area contributed by atoms with Crippen molar-refractivity contribution in [3.05, 3.63) is 29.8 Å². The first kappa shape index (κ1) is 18.3. The molecule has 24 heavy (non-hydrogen) atoms. The van der Waals surface area contributed by atoms with E-state index in [-0.39, 0.29) is 12.0 Å². The van der Waals surface area contributed by atoms with Crippen molar-refractivity contribution in [2.75, 3.05) is 50.8 Å². The molecule has 2 rings (SSSR count). The highest BCUT2D eigenvalue weighted by atomic mass is 16.6. The molecule has 0 unspecified atom stereocenters. The van der Waals surface area contributed by atoms with E-state index in [0.717, 1.165) is 11.3 Å². The maximum Gasteiger partial charge on any atom is 0.409 e. The van der Waals surface area contributed by atoms with Gasteiger partial charge in [0.2, 0.25) is 5.91 Å². The van der Waals surface area contributed by atoms with Crippen molar-refractivity contribution in [3.63, 3.8) is 0 Å². The average molecular weight is 333 g/mol. The van der Waals surface area contributed by atoms with E-state index < -0.39 is 0 Å². The Bertz CT molecular complexity index is 568. The summed E-state index contributed by atoms with van der Waals surface area (Å²) in [6.07, 6.45) is -0.265. The highest BCUT2D eigenvalue weighted by molar-refractivity contribution is 5.94. The van der Waals surface area contributed by atoms with Gasteiger partial charge >= 0.3 is 6.09 Å². The van der Waals surface area contributed by atoms with Crippen LogP contribution in [0.1, 0.15) is 19.4 Å². The van der Waals surface area contributed by atoms with Crippen LogP contribution in [0.15, 0.2) is 24.3 Å². The SMILES string of the molecule is CCOC(=O)N1CCN(CC(=O)N(CC)c2cccc(C)c2)CC1. The third-order valence-corrected chi connectivity index (χ3v) is 4.19. The molecule has 1 heterocycles. The van der Waals surface area contributed by atoms with Crippen molar-refractivity contribution < 1.29 is 14.3 Å². The predicted molar refractivity (Wildman–Crippen MR) is 94.2 cm³/mol. The van der Waals surface area contributed by atoms with E-state index in [4.69, 9.17) is 4.74 Å². The lowest BCUT2D eigenvalue weighted by Gasteiger charge is -2.34. The number of nitrogens with zero attached hydrogens (tertiary/aromatic N) is 3. The number of rotatable bonds is 5. The van der Waals surface area contributed by atoms with Crippen molar-refractivity contribution in [1.29, 1.82) is 0 Å². The number of piperazine rings is 1. The van der Waals surface area contributed by atoms with Crippen LogP contribution in [0.4, 0.5) is 10.5 Å². The number of hydrogen-bond acceptors (Lipinski definition) is 4. The molecule has 6 heteroatoms. The fraction of sp³-hybridized carbons (Fsp3) is 0.556. The Morgan fingerprint density at radius 1 is 1.17 bits per heavy atom. The molecule has 1 aliphatic heterocycles. The Balaban J connectivity index is 1.89. The van der Waals surface area contributed by atoms with E-state index in [9.17, 15) is 9.59 Å². The van der Waals surface area contributed by atoms with Crippen LogP contribution < -0.4 is 4.90 Å². The molecule has 0 saturated carbocycles. The molecule has 0 bridgehead atoms. The van der Waals surface area contributed by atoms with Gasteiger partial charge in [-0.1, -0.05) is 12.1 Å². The Labute approximate surface area is 144 Å². The van der Waals surface area contributed by atoms with Crippen molar-refractivity contribution in [1.82, 2.24) is 9.80 Å². The summed E-state index contributed by atoms with van der Waals surface area (Å²) in [6.45, 7) is 9.80. The van der Waals surface area contributed by atoms with E-state index in [1.54, 1.807) is 11.8 Å². The zero-order valence-electron chi connectivity index (χ0n) is 14.8. The highest BCUT2D eigenvalue weighted by Crippen LogP contribution is 2.16. The smallest absolute Gasteiger partial charge is 0.409 e. The number of anilines is 1. The molecule has 0 aromatic heterocycles. The van der Waals surface area contributed by atoms with Gasteiger partial charge in [0, 0.05) is 38.4 Å². The molecular weight excluding hydrogens is 306 g/mol. The molecule has 1 saturated heterocycles. The number of carbonyl (C=O) groups is 2. The second kappa shape index (κ2) is 8.68. The quantitative estimate of drug-likeness (QED) is 0.828. The number of ether oxygens (including phenoxy) is 1. The lowest BCUT2D eigenvalue weighted by Crippen LogP contribution is -2.51. The maximum absolute atomic E-state index is 12.7. The van der Waals surface area contributed by atoms with E-state index in [0.29, 0.717) is 45.9 Å². The maximum atomic E-state index is 12.7. The summed E-state index contributed by atoms with van der Waals surface area (Å²) in [5.41, 5.74) is 2.08. The van der Waals surface area contributed by atoms with E-state index in [2.05, 4.69) is 4.90 Å². The molecule has 6 nitrogen and oxygen atoms in total. The number of amides is 2. The summed E-state index contributed by atoms with van der Waals surface area (Å²) < 4.78 is 5.02. The van der Waals surface area contributed by atoms with Gasteiger partial charge in [-0.05, 0) is 38.5 Å². The van der Waals surface area contributed by atoms with Crippen LogP contribution in [-0.4, -0.2) is 67.7 Å². The van der Waals surface area contributed by atoms with E-state index >= 15 is 0 Å². The number of hydrogen-bond donors (Lipinski definition) is 0. The summed E-state index contributed by atoms with van der Waals surface area (Å²) in [7, 11) is 0. The number of likely N-dealkylation sites (N-methyl/N-ethyl adjacent to an activating group) is 1. The average Bonchev–Trinajstić information content (AvgIpc) is 2.56. The minimum atomic E-state index is -0.265. The number of benzene rings is 1. The zero-order chi connectivity index (χ0) is 17.5. The summed E-state index contributed by atoms with van der Waals surface area (Å²) in [5, 5.41) is 0. The lowest BCUT2D eigenvalue weighted by molar-refractivity contribution is -0.120. The Morgan fingerprint density at radius 3 is 2.46 bits per heavy atom. The van der Waals surface area contributed by atoms with Crippen LogP contribution in [0.5, 0.6) is 0 Å². The van der Waals surface area contributed by atoms with Crippen molar-refractivity contribution in [2.45, 2.75) is 20.8 Å². The summed E-state index contributed by atoms with van der Waals surface area (Å²) in [6, 6.07) is 7.99. The first-order chi connectivity index (χ1) is 11.5. The minimum absolute atomic E-state index is 0.0904. The molecule has 1 aliphatic rings. The number of carbonyl (C=O) groups excluding carboxylic acids is 2. The van der Waals surface area contributed by atoms with Crippen LogP contribution in [0, 0.1) is 6.92 Å². The van der Waals surface area contributed by atoms with Gasteiger partial charge in [0.05, 0.1) is 13.2 Å². The molecule has 2 amide bonds. The minimum Gasteiger partial charge on any atom is -0.450 e. The van der Waals surface area contributed by atoms with Gasteiger partial charge in [-0.25, -0.2) is 4.79 Å². The molecule has 1 fully saturated rings. The van der Waals surface area contributed by atoms with Crippen molar-refractivity contribution >= 4 is 17.7 Å². The summed E-state index contributed by atoms with van der Waals surface area (Å²) >= 11 is 0. The summed E-state index contributed by atoms with van der Waals surface area (Å²) in [4.78, 5) is 30.0.